The number of rotatable bonds is 4. The average molecular weight is 302 g/mol. The molecule has 7 nitrogen and oxygen atoms in total. The number of carbonyl (C=O) groups excluding carboxylic acids is 1. The van der Waals surface area contributed by atoms with Crippen LogP contribution in [-0.2, 0) is 16.3 Å². The average Bonchev–Trinajstić information content (AvgIpc) is 2.86. The van der Waals surface area contributed by atoms with Crippen molar-refractivity contribution in [1.82, 2.24) is 15.5 Å². The monoisotopic (exact) mass is 302 g/mol. The number of aromatic nitrogens is 2. The molecule has 0 bridgehead atoms. The maximum atomic E-state index is 11.6. The van der Waals surface area contributed by atoms with Gasteiger partial charge in [0.1, 0.15) is 5.01 Å². The predicted octanol–water partition coefficient (Wildman–Crippen LogP) is 0.923. The van der Waals surface area contributed by atoms with Crippen LogP contribution in [0.15, 0.2) is 11.5 Å². The number of hydrogen-bond donors (Lipinski definition) is 2. The molecule has 0 aromatic carbocycles. The zero-order chi connectivity index (χ0) is 13.9. The zero-order valence-electron chi connectivity index (χ0n) is 10.3. The summed E-state index contributed by atoms with van der Waals surface area (Å²) in [6.07, 6.45) is 3.24. The second-order valence-electron chi connectivity index (χ2n) is 4.11. The molecule has 1 aromatic rings. The third kappa shape index (κ3) is 4.00. The lowest BCUT2D eigenvalue weighted by molar-refractivity contribution is 0.251. The smallest absolute Gasteiger partial charge is 0.321 e. The highest BCUT2D eigenvalue weighted by Gasteiger charge is 2.23. The van der Waals surface area contributed by atoms with E-state index in [1.165, 1.54) is 17.4 Å². The van der Waals surface area contributed by atoms with E-state index in [0.717, 1.165) is 23.3 Å². The second-order valence-corrected chi connectivity index (χ2v) is 7.11. The fourth-order valence-electron chi connectivity index (χ4n) is 1.59. The Hall–Kier alpha value is -1.48. The van der Waals surface area contributed by atoms with Crippen molar-refractivity contribution in [2.75, 3.05) is 11.1 Å². The molecule has 1 aromatic heterocycles. The highest BCUT2D eigenvalue weighted by Crippen LogP contribution is 2.16. The lowest BCUT2D eigenvalue weighted by Crippen LogP contribution is -2.38. The molecule has 1 atom stereocenters. The highest BCUT2D eigenvalue weighted by atomic mass is 32.2. The summed E-state index contributed by atoms with van der Waals surface area (Å²) in [5.74, 6) is -0.0996. The molecular formula is C10H14N4O3S2. The minimum absolute atomic E-state index is 0.0996. The zero-order valence-corrected chi connectivity index (χ0v) is 11.9. The first-order valence-corrected chi connectivity index (χ1v) is 8.32. The molecule has 1 aliphatic heterocycles. The number of nitrogens with one attached hydrogen (secondary N) is 2. The van der Waals surface area contributed by atoms with Gasteiger partial charge < -0.3 is 5.32 Å². The minimum atomic E-state index is -3.17. The van der Waals surface area contributed by atoms with Gasteiger partial charge >= 0.3 is 6.03 Å². The van der Waals surface area contributed by atoms with E-state index < -0.39 is 21.9 Å². The maximum Gasteiger partial charge on any atom is 0.321 e. The standard InChI is InChI=1S/C10H14N4O3S2/c1-2-3-8-13-14-10(18-8)12-9(15)11-7-4-5-19(16,17)6-7/h4-5,7H,2-3,6H2,1H3,(H2,11,12,14,15)/t7-/m1/s1. The van der Waals surface area contributed by atoms with Gasteiger partial charge in [0.15, 0.2) is 9.84 Å². The maximum absolute atomic E-state index is 11.6. The van der Waals surface area contributed by atoms with E-state index in [1.807, 2.05) is 6.92 Å². The number of carbonyl (C=O) groups is 1. The van der Waals surface area contributed by atoms with Gasteiger partial charge in [0.25, 0.3) is 0 Å². The SMILES string of the molecule is CCCc1nnc(NC(=O)N[C@@H]2C=CS(=O)(=O)C2)s1. The number of nitrogens with zero attached hydrogens (tertiary/aromatic N) is 2. The van der Waals surface area contributed by atoms with Crippen LogP contribution in [0.1, 0.15) is 18.4 Å². The number of sulfone groups is 1. The first-order chi connectivity index (χ1) is 8.98. The molecule has 2 N–H and O–H groups in total. The Labute approximate surface area is 115 Å². The first kappa shape index (κ1) is 13.9. The summed E-state index contributed by atoms with van der Waals surface area (Å²) in [5, 5.41) is 15.2. The van der Waals surface area contributed by atoms with Crippen molar-refractivity contribution in [3.8, 4) is 0 Å². The Kier molecular flexibility index (Phi) is 4.15. The van der Waals surface area contributed by atoms with E-state index in [0.29, 0.717) is 5.13 Å². The first-order valence-electron chi connectivity index (χ1n) is 5.79. The van der Waals surface area contributed by atoms with Crippen LogP contribution in [-0.4, -0.2) is 36.4 Å². The molecule has 0 saturated carbocycles. The van der Waals surface area contributed by atoms with E-state index in [1.54, 1.807) is 0 Å². The summed E-state index contributed by atoms with van der Waals surface area (Å²) >= 11 is 1.31. The van der Waals surface area contributed by atoms with Crippen molar-refractivity contribution in [1.29, 1.82) is 0 Å². The fourth-order valence-corrected chi connectivity index (χ4v) is 3.66. The van der Waals surface area contributed by atoms with Crippen LogP contribution in [0.3, 0.4) is 0 Å². The van der Waals surface area contributed by atoms with Gasteiger partial charge in [-0.25, -0.2) is 13.2 Å². The molecule has 2 amide bonds. The Morgan fingerprint density at radius 1 is 1.53 bits per heavy atom. The van der Waals surface area contributed by atoms with E-state index >= 15 is 0 Å². The Balaban J connectivity index is 1.86. The number of amides is 2. The van der Waals surface area contributed by atoms with Crippen LogP contribution in [0.2, 0.25) is 0 Å². The topological polar surface area (TPSA) is 101 Å². The van der Waals surface area contributed by atoms with Crippen molar-refractivity contribution in [2.24, 2.45) is 0 Å². The molecule has 0 fully saturated rings. The third-order valence-electron chi connectivity index (χ3n) is 2.40. The van der Waals surface area contributed by atoms with Crippen molar-refractivity contribution >= 4 is 32.3 Å². The van der Waals surface area contributed by atoms with E-state index in [9.17, 15) is 13.2 Å². The fraction of sp³-hybridized carbons (Fsp3) is 0.500. The number of hydrogen-bond acceptors (Lipinski definition) is 6. The summed E-state index contributed by atoms with van der Waals surface area (Å²) in [6, 6.07) is -0.973. The summed E-state index contributed by atoms with van der Waals surface area (Å²) in [6.45, 7) is 2.04. The molecule has 0 radical (unpaired) electrons. The van der Waals surface area contributed by atoms with Gasteiger partial charge in [-0.2, -0.15) is 0 Å². The van der Waals surface area contributed by atoms with Crippen molar-refractivity contribution in [3.05, 3.63) is 16.5 Å². The van der Waals surface area contributed by atoms with E-state index in [4.69, 9.17) is 0 Å². The van der Waals surface area contributed by atoms with Gasteiger partial charge in [-0.3, -0.25) is 5.32 Å². The lowest BCUT2D eigenvalue weighted by atomic mass is 10.3. The predicted molar refractivity (Wildman–Crippen MR) is 72.8 cm³/mol. The summed E-state index contributed by atoms with van der Waals surface area (Å²) in [7, 11) is -3.17. The second kappa shape index (κ2) is 5.66. The van der Waals surface area contributed by atoms with Gasteiger partial charge in [0.05, 0.1) is 11.8 Å². The molecule has 2 rings (SSSR count). The van der Waals surface area contributed by atoms with Crippen LogP contribution in [0.25, 0.3) is 0 Å². The number of urea groups is 1. The largest absolute Gasteiger partial charge is 0.331 e. The summed E-state index contributed by atoms with van der Waals surface area (Å²) in [4.78, 5) is 11.6. The van der Waals surface area contributed by atoms with Crippen LogP contribution < -0.4 is 10.6 Å². The van der Waals surface area contributed by atoms with Crippen LogP contribution >= 0.6 is 11.3 Å². The quantitative estimate of drug-likeness (QED) is 0.861. The molecular weight excluding hydrogens is 288 g/mol. The van der Waals surface area contributed by atoms with Crippen LogP contribution in [0.4, 0.5) is 9.93 Å². The van der Waals surface area contributed by atoms with Gasteiger partial charge in [0.2, 0.25) is 5.13 Å². The molecule has 9 heteroatoms. The van der Waals surface area contributed by atoms with Crippen molar-refractivity contribution in [2.45, 2.75) is 25.8 Å². The van der Waals surface area contributed by atoms with Gasteiger partial charge in [-0.1, -0.05) is 18.3 Å². The Morgan fingerprint density at radius 3 is 2.95 bits per heavy atom. The molecule has 0 unspecified atom stereocenters. The van der Waals surface area contributed by atoms with E-state index in [2.05, 4.69) is 20.8 Å². The lowest BCUT2D eigenvalue weighted by Gasteiger charge is -2.09. The minimum Gasteiger partial charge on any atom is -0.331 e. The summed E-state index contributed by atoms with van der Waals surface area (Å²) < 4.78 is 22.4. The Morgan fingerprint density at radius 2 is 2.32 bits per heavy atom. The van der Waals surface area contributed by atoms with Crippen molar-refractivity contribution < 1.29 is 13.2 Å². The molecule has 0 spiro atoms. The molecule has 1 aliphatic rings. The van der Waals surface area contributed by atoms with Crippen LogP contribution in [0, 0.1) is 0 Å². The molecule has 0 aliphatic carbocycles. The number of aryl methyl sites for hydroxylation is 1. The number of anilines is 1. The molecule has 0 saturated heterocycles. The van der Waals surface area contributed by atoms with E-state index in [-0.39, 0.29) is 5.75 Å². The van der Waals surface area contributed by atoms with Gasteiger partial charge in [-0.05, 0) is 12.5 Å². The third-order valence-corrected chi connectivity index (χ3v) is 4.69. The van der Waals surface area contributed by atoms with Gasteiger partial charge in [0, 0.05) is 11.8 Å². The highest BCUT2D eigenvalue weighted by molar-refractivity contribution is 7.94. The van der Waals surface area contributed by atoms with Crippen LogP contribution in [0.5, 0.6) is 0 Å². The van der Waals surface area contributed by atoms with Gasteiger partial charge in [-0.15, -0.1) is 10.2 Å². The Bertz CT molecular complexity index is 594. The molecule has 2 heterocycles. The molecule has 19 heavy (non-hydrogen) atoms. The normalized spacial score (nSPS) is 20.4. The van der Waals surface area contributed by atoms with Crippen molar-refractivity contribution in [3.63, 3.8) is 0 Å². The molecule has 104 valence electrons. The summed E-state index contributed by atoms with van der Waals surface area (Å²) in [5.41, 5.74) is 0.